The van der Waals surface area contributed by atoms with E-state index < -0.39 is 0 Å². The quantitative estimate of drug-likeness (QED) is 0.686. The normalized spacial score (nSPS) is 20.1. The van der Waals surface area contributed by atoms with Crippen LogP contribution in [-0.4, -0.2) is 47.5 Å². The van der Waals surface area contributed by atoms with Crippen LogP contribution in [0.15, 0.2) is 42.5 Å². The number of anilines is 1. The third-order valence-electron chi connectivity index (χ3n) is 6.38. The maximum absolute atomic E-state index is 13.5. The number of benzene rings is 1. The zero-order chi connectivity index (χ0) is 21.8. The van der Waals surface area contributed by atoms with Gasteiger partial charge in [-0.25, -0.2) is 9.97 Å². The molecular weight excluding hydrogens is 388 g/mol. The number of nitrogens with zero attached hydrogens (tertiary/aromatic N) is 4. The molecule has 0 bridgehead atoms. The van der Waals surface area contributed by atoms with E-state index in [0.29, 0.717) is 19.0 Å². The van der Waals surface area contributed by atoms with E-state index in [1.54, 1.807) is 7.11 Å². The molecule has 0 spiro atoms. The summed E-state index contributed by atoms with van der Waals surface area (Å²) in [4.78, 5) is 26.9. The molecule has 6 heteroatoms. The number of rotatable bonds is 5. The summed E-state index contributed by atoms with van der Waals surface area (Å²) in [6.45, 7) is 7.11. The zero-order valence-electron chi connectivity index (χ0n) is 18.8. The summed E-state index contributed by atoms with van der Waals surface area (Å²) in [7, 11) is 1.67. The summed E-state index contributed by atoms with van der Waals surface area (Å²) < 4.78 is 5.34. The lowest BCUT2D eigenvalue weighted by molar-refractivity contribution is -0.137. The van der Waals surface area contributed by atoms with E-state index >= 15 is 0 Å². The van der Waals surface area contributed by atoms with E-state index in [1.165, 1.54) is 0 Å². The highest BCUT2D eigenvalue weighted by Crippen LogP contribution is 2.32. The van der Waals surface area contributed by atoms with Gasteiger partial charge in [-0.2, -0.15) is 0 Å². The van der Waals surface area contributed by atoms with E-state index in [1.807, 2.05) is 43.0 Å². The first-order valence-electron chi connectivity index (χ1n) is 11.2. The molecule has 3 heterocycles. The Kier molecular flexibility index (Phi) is 6.54. The van der Waals surface area contributed by atoms with Crippen LogP contribution in [-0.2, 0) is 11.3 Å². The molecule has 0 saturated carbocycles. The van der Waals surface area contributed by atoms with Gasteiger partial charge in [-0.05, 0) is 62.8 Å². The van der Waals surface area contributed by atoms with Crippen LogP contribution in [0.4, 0.5) is 5.95 Å². The molecule has 0 N–H and O–H groups in total. The number of allylic oxidation sites excluding steroid dienone is 1. The van der Waals surface area contributed by atoms with Crippen molar-refractivity contribution < 1.29 is 9.53 Å². The molecule has 2 aliphatic heterocycles. The van der Waals surface area contributed by atoms with Gasteiger partial charge in [-0.15, -0.1) is 0 Å². The molecular formula is C25H32N4O2. The van der Waals surface area contributed by atoms with Crippen LogP contribution >= 0.6 is 0 Å². The molecule has 0 aliphatic carbocycles. The van der Waals surface area contributed by atoms with Gasteiger partial charge >= 0.3 is 0 Å². The molecule has 1 saturated heterocycles. The fourth-order valence-electron chi connectivity index (χ4n) is 4.75. The number of amides is 1. The number of ether oxygens (including phenoxy) is 1. The van der Waals surface area contributed by atoms with Crippen LogP contribution in [0, 0.1) is 25.7 Å². The van der Waals surface area contributed by atoms with E-state index in [9.17, 15) is 4.79 Å². The second kappa shape index (κ2) is 9.50. The fraction of sp³-hybridized carbons (Fsp3) is 0.480. The number of hydrogen-bond donors (Lipinski definition) is 0. The minimum atomic E-state index is 0.0478. The summed E-state index contributed by atoms with van der Waals surface area (Å²) in [5.74, 6) is 2.36. The van der Waals surface area contributed by atoms with Crippen LogP contribution in [0.5, 0.6) is 5.75 Å². The lowest BCUT2D eigenvalue weighted by Gasteiger charge is -2.36. The van der Waals surface area contributed by atoms with Crippen molar-refractivity contribution in [1.29, 1.82) is 0 Å². The minimum Gasteiger partial charge on any atom is -0.497 e. The second-order valence-corrected chi connectivity index (χ2v) is 8.66. The molecule has 0 radical (unpaired) electrons. The first-order valence-corrected chi connectivity index (χ1v) is 11.2. The second-order valence-electron chi connectivity index (χ2n) is 8.66. The predicted molar refractivity (Wildman–Crippen MR) is 122 cm³/mol. The fourth-order valence-corrected chi connectivity index (χ4v) is 4.75. The molecule has 6 nitrogen and oxygen atoms in total. The van der Waals surface area contributed by atoms with Gasteiger partial charge in [0.1, 0.15) is 5.75 Å². The summed E-state index contributed by atoms with van der Waals surface area (Å²) in [6, 6.07) is 9.99. The standard InChI is InChI=1S/C25H32N4O2/c1-18-15-19(2)27-25(26-18)28-13-10-21(11-14-28)23-9-4-5-12-29(24(23)30)17-20-7-6-8-22(16-20)31-3/h4-8,15-16,21,23H,9-14,17H2,1-3H3/t23-/m1/s1. The molecule has 1 atom stereocenters. The summed E-state index contributed by atoms with van der Waals surface area (Å²) in [5, 5.41) is 0. The number of methoxy groups -OCH3 is 1. The molecule has 4 rings (SSSR count). The van der Waals surface area contributed by atoms with Crippen molar-refractivity contribution in [3.05, 3.63) is 59.4 Å². The molecule has 164 valence electrons. The highest BCUT2D eigenvalue weighted by molar-refractivity contribution is 5.80. The van der Waals surface area contributed by atoms with E-state index in [0.717, 1.165) is 61.0 Å². The minimum absolute atomic E-state index is 0.0478. The van der Waals surface area contributed by atoms with Crippen molar-refractivity contribution in [3.63, 3.8) is 0 Å². The molecule has 2 aromatic rings. The number of carbonyl (C=O) groups excluding carboxylic acids is 1. The lowest BCUT2D eigenvalue weighted by Crippen LogP contribution is -2.42. The maximum Gasteiger partial charge on any atom is 0.226 e. The lowest BCUT2D eigenvalue weighted by atomic mass is 9.81. The Morgan fingerprint density at radius 2 is 1.81 bits per heavy atom. The van der Waals surface area contributed by atoms with Crippen molar-refractivity contribution in [2.45, 2.75) is 39.7 Å². The van der Waals surface area contributed by atoms with E-state index in [2.05, 4.69) is 33.1 Å². The molecule has 2 aliphatic rings. The van der Waals surface area contributed by atoms with Crippen molar-refractivity contribution >= 4 is 11.9 Å². The molecule has 31 heavy (non-hydrogen) atoms. The Morgan fingerprint density at radius 3 is 2.52 bits per heavy atom. The van der Waals surface area contributed by atoms with Crippen molar-refractivity contribution in [3.8, 4) is 5.75 Å². The molecule has 1 aromatic carbocycles. The van der Waals surface area contributed by atoms with E-state index in [4.69, 9.17) is 4.74 Å². The average Bonchev–Trinajstić information content (AvgIpc) is 2.95. The summed E-state index contributed by atoms with van der Waals surface area (Å²) in [6.07, 6.45) is 7.14. The van der Waals surface area contributed by atoms with Gasteiger partial charge in [0.25, 0.3) is 0 Å². The van der Waals surface area contributed by atoms with Crippen molar-refractivity contribution in [2.75, 3.05) is 31.6 Å². The maximum atomic E-state index is 13.5. The number of aromatic nitrogens is 2. The summed E-state index contributed by atoms with van der Waals surface area (Å²) in [5.41, 5.74) is 3.10. The molecule has 1 amide bonds. The predicted octanol–water partition coefficient (Wildman–Crippen LogP) is 3.92. The largest absolute Gasteiger partial charge is 0.497 e. The Hall–Kier alpha value is -2.89. The van der Waals surface area contributed by atoms with Crippen LogP contribution in [0.3, 0.4) is 0 Å². The Morgan fingerprint density at radius 1 is 1.06 bits per heavy atom. The average molecular weight is 421 g/mol. The van der Waals surface area contributed by atoms with Gasteiger partial charge in [0, 0.05) is 43.5 Å². The zero-order valence-corrected chi connectivity index (χ0v) is 18.8. The SMILES string of the molecule is COc1cccc(CN2CC=CC[C@H](C3CCN(c4nc(C)cc(C)n4)CC3)C2=O)c1. The highest BCUT2D eigenvalue weighted by Gasteiger charge is 2.34. The summed E-state index contributed by atoms with van der Waals surface area (Å²) >= 11 is 0. The van der Waals surface area contributed by atoms with Crippen LogP contribution in [0.2, 0.25) is 0 Å². The Balaban J connectivity index is 1.42. The van der Waals surface area contributed by atoms with Crippen molar-refractivity contribution in [2.24, 2.45) is 11.8 Å². The number of piperidine rings is 1. The number of aryl methyl sites for hydroxylation is 2. The van der Waals surface area contributed by atoms with Gasteiger partial charge in [0.15, 0.2) is 0 Å². The first kappa shape index (κ1) is 21.3. The third-order valence-corrected chi connectivity index (χ3v) is 6.38. The van der Waals surface area contributed by atoms with Gasteiger partial charge in [0.05, 0.1) is 7.11 Å². The molecule has 1 aromatic heterocycles. The first-order chi connectivity index (χ1) is 15.0. The Bertz CT molecular complexity index is 930. The Labute approximate surface area is 184 Å². The number of carbonyl (C=O) groups is 1. The smallest absolute Gasteiger partial charge is 0.226 e. The van der Waals surface area contributed by atoms with Crippen LogP contribution in [0.25, 0.3) is 0 Å². The number of hydrogen-bond acceptors (Lipinski definition) is 5. The topological polar surface area (TPSA) is 58.6 Å². The van der Waals surface area contributed by atoms with Crippen molar-refractivity contribution in [1.82, 2.24) is 14.9 Å². The molecule has 1 fully saturated rings. The van der Waals surface area contributed by atoms with Gasteiger partial charge in [-0.3, -0.25) is 4.79 Å². The monoisotopic (exact) mass is 420 g/mol. The van der Waals surface area contributed by atoms with Gasteiger partial charge < -0.3 is 14.5 Å². The highest BCUT2D eigenvalue weighted by atomic mass is 16.5. The van der Waals surface area contributed by atoms with Crippen LogP contribution in [0.1, 0.15) is 36.2 Å². The third kappa shape index (κ3) is 5.06. The molecule has 0 unspecified atom stereocenters. The van der Waals surface area contributed by atoms with Gasteiger partial charge in [0.2, 0.25) is 11.9 Å². The van der Waals surface area contributed by atoms with E-state index in [-0.39, 0.29) is 11.8 Å². The van der Waals surface area contributed by atoms with Crippen LogP contribution < -0.4 is 9.64 Å². The van der Waals surface area contributed by atoms with Gasteiger partial charge in [-0.1, -0.05) is 24.3 Å².